The van der Waals surface area contributed by atoms with Gasteiger partial charge in [-0.15, -0.1) is 0 Å². The predicted molar refractivity (Wildman–Crippen MR) is 71.7 cm³/mol. The van der Waals surface area contributed by atoms with Crippen LogP contribution in [0.25, 0.3) is 0 Å². The number of halogens is 1. The second-order valence-electron chi connectivity index (χ2n) is 3.59. The van der Waals surface area contributed by atoms with Gasteiger partial charge in [-0.05, 0) is 21.1 Å². The summed E-state index contributed by atoms with van der Waals surface area (Å²) in [7, 11) is 1.63. The number of ketones is 1. The van der Waals surface area contributed by atoms with Gasteiger partial charge in [0.1, 0.15) is 6.04 Å². The Labute approximate surface area is 106 Å². The van der Waals surface area contributed by atoms with Crippen molar-refractivity contribution >= 4 is 36.1 Å². The molecule has 0 bridgehead atoms. The highest BCUT2D eigenvalue weighted by atomic mass is 127. The second kappa shape index (κ2) is 5.32. The van der Waals surface area contributed by atoms with Crippen LogP contribution in [0.15, 0.2) is 30.3 Å². The van der Waals surface area contributed by atoms with Gasteiger partial charge >= 0.3 is 0 Å². The molecule has 80 valence electrons. The molecule has 1 aromatic carbocycles. The molecule has 1 saturated heterocycles. The first-order valence-electron chi connectivity index (χ1n) is 4.96. The molecule has 2 nitrogen and oxygen atoms in total. The van der Waals surface area contributed by atoms with Crippen molar-refractivity contribution in [2.24, 2.45) is 0 Å². The van der Waals surface area contributed by atoms with E-state index in [1.807, 2.05) is 30.3 Å². The zero-order valence-electron chi connectivity index (χ0n) is 8.23. The number of carbonyl (C=O) groups is 1. The Bertz CT molecular complexity index is 344. The number of rotatable bonds is 2. The van der Waals surface area contributed by atoms with Crippen LogP contribution in [0.2, 0.25) is 0 Å². The van der Waals surface area contributed by atoms with Gasteiger partial charge in [-0.1, -0.05) is 30.3 Å². The van der Waals surface area contributed by atoms with Gasteiger partial charge in [0.15, 0.2) is 5.78 Å². The first-order chi connectivity index (χ1) is 7.33. The molecule has 1 atom stereocenters. The number of carbonyl (C=O) groups excluding carboxylic acids is 1. The van der Waals surface area contributed by atoms with Crippen LogP contribution in [0.3, 0.4) is 0 Å². The standard InChI is InChI=1S/C11H12INOS/c12-15-13-8-4-7-10(14)11(13)9-5-2-1-3-6-9/h1-3,5-6,11H,4,7-8H2/t11-/m0/s1. The van der Waals surface area contributed by atoms with E-state index in [1.54, 1.807) is 9.12 Å². The maximum absolute atomic E-state index is 11.9. The van der Waals surface area contributed by atoms with Gasteiger partial charge in [0, 0.05) is 34.2 Å². The maximum Gasteiger partial charge on any atom is 0.155 e. The van der Waals surface area contributed by atoms with E-state index >= 15 is 0 Å². The number of benzene rings is 1. The summed E-state index contributed by atoms with van der Waals surface area (Å²) in [4.78, 5) is 11.9. The van der Waals surface area contributed by atoms with E-state index in [0.29, 0.717) is 12.2 Å². The number of piperidine rings is 1. The molecule has 0 aliphatic carbocycles. The summed E-state index contributed by atoms with van der Waals surface area (Å²) in [5.41, 5.74) is 1.12. The van der Waals surface area contributed by atoms with E-state index in [2.05, 4.69) is 25.5 Å². The molecule has 0 amide bonds. The molecule has 2 rings (SSSR count). The molecule has 0 saturated carbocycles. The number of hydrogen-bond donors (Lipinski definition) is 0. The minimum absolute atomic E-state index is 0.0400. The smallest absolute Gasteiger partial charge is 0.155 e. The highest BCUT2D eigenvalue weighted by Gasteiger charge is 2.30. The normalized spacial score (nSPS) is 23.0. The van der Waals surface area contributed by atoms with Crippen LogP contribution in [-0.2, 0) is 4.79 Å². The monoisotopic (exact) mass is 333 g/mol. The lowest BCUT2D eigenvalue weighted by Gasteiger charge is -2.31. The summed E-state index contributed by atoms with van der Waals surface area (Å²) in [5, 5.41) is 0. The SMILES string of the molecule is O=C1CCCN(SI)[C@H]1c1ccccc1. The van der Waals surface area contributed by atoms with Gasteiger partial charge in [-0.25, -0.2) is 4.31 Å². The van der Waals surface area contributed by atoms with Gasteiger partial charge in [0.25, 0.3) is 0 Å². The average Bonchev–Trinajstić information content (AvgIpc) is 2.29. The van der Waals surface area contributed by atoms with Crippen LogP contribution in [0.1, 0.15) is 24.4 Å². The molecule has 1 aliphatic rings. The highest BCUT2D eigenvalue weighted by molar-refractivity contribution is 14.2. The molecule has 1 heterocycles. The van der Waals surface area contributed by atoms with Gasteiger partial charge in [0.2, 0.25) is 0 Å². The summed E-state index contributed by atoms with van der Waals surface area (Å²) >= 11 is 2.25. The van der Waals surface area contributed by atoms with Crippen molar-refractivity contribution in [2.45, 2.75) is 18.9 Å². The Morgan fingerprint density at radius 1 is 1.33 bits per heavy atom. The lowest BCUT2D eigenvalue weighted by molar-refractivity contribution is -0.124. The van der Waals surface area contributed by atoms with Crippen molar-refractivity contribution in [2.75, 3.05) is 6.54 Å². The lowest BCUT2D eigenvalue weighted by atomic mass is 9.96. The predicted octanol–water partition coefficient (Wildman–Crippen LogP) is 3.39. The summed E-state index contributed by atoms with van der Waals surface area (Å²) in [6, 6.07) is 10.0. The van der Waals surface area contributed by atoms with Gasteiger partial charge in [-0.2, -0.15) is 0 Å². The quantitative estimate of drug-likeness (QED) is 0.611. The fourth-order valence-corrected chi connectivity index (χ4v) is 3.69. The zero-order valence-corrected chi connectivity index (χ0v) is 11.2. The van der Waals surface area contributed by atoms with Crippen molar-refractivity contribution in [3.63, 3.8) is 0 Å². The molecular weight excluding hydrogens is 321 g/mol. The molecule has 4 heteroatoms. The van der Waals surface area contributed by atoms with Crippen molar-refractivity contribution in [1.82, 2.24) is 4.31 Å². The maximum atomic E-state index is 11.9. The minimum Gasteiger partial charge on any atom is -0.298 e. The van der Waals surface area contributed by atoms with E-state index in [-0.39, 0.29) is 6.04 Å². The molecule has 0 N–H and O–H groups in total. The first kappa shape index (κ1) is 11.4. The third-order valence-corrected chi connectivity index (χ3v) is 4.69. The molecular formula is C11H12INOS. The Morgan fingerprint density at radius 3 is 2.73 bits per heavy atom. The molecule has 15 heavy (non-hydrogen) atoms. The molecule has 0 radical (unpaired) electrons. The molecule has 1 fully saturated rings. The van der Waals surface area contributed by atoms with Crippen molar-refractivity contribution < 1.29 is 4.79 Å². The highest BCUT2D eigenvalue weighted by Crippen LogP contribution is 2.35. The summed E-state index contributed by atoms with van der Waals surface area (Å²) < 4.78 is 2.17. The third kappa shape index (κ3) is 2.54. The van der Waals surface area contributed by atoms with E-state index < -0.39 is 0 Å². The Balaban J connectivity index is 2.27. The van der Waals surface area contributed by atoms with Gasteiger partial charge in [0.05, 0.1) is 0 Å². The van der Waals surface area contributed by atoms with Crippen LogP contribution in [-0.4, -0.2) is 16.6 Å². The molecule has 1 aromatic rings. The molecule has 1 aliphatic heterocycles. The van der Waals surface area contributed by atoms with Gasteiger partial charge < -0.3 is 0 Å². The largest absolute Gasteiger partial charge is 0.298 e. The fraction of sp³-hybridized carbons (Fsp3) is 0.364. The fourth-order valence-electron chi connectivity index (χ4n) is 1.90. The number of nitrogens with zero attached hydrogens (tertiary/aromatic N) is 1. The summed E-state index contributed by atoms with van der Waals surface area (Å²) in [5.74, 6) is 0.344. The number of Topliss-reactive ketones (excluding diaryl/α,β-unsaturated/α-hetero) is 1. The van der Waals surface area contributed by atoms with E-state index in [1.165, 1.54) is 0 Å². The summed E-state index contributed by atoms with van der Waals surface area (Å²) in [6.07, 6.45) is 1.70. The Morgan fingerprint density at radius 2 is 2.07 bits per heavy atom. The number of hydrogen-bond acceptors (Lipinski definition) is 3. The van der Waals surface area contributed by atoms with E-state index in [9.17, 15) is 4.79 Å². The Hall–Kier alpha value is -0.0700. The lowest BCUT2D eigenvalue weighted by Crippen LogP contribution is -2.33. The van der Waals surface area contributed by atoms with Gasteiger partial charge in [-0.3, -0.25) is 4.79 Å². The third-order valence-electron chi connectivity index (χ3n) is 2.60. The van der Waals surface area contributed by atoms with Crippen LogP contribution in [0.4, 0.5) is 0 Å². The van der Waals surface area contributed by atoms with Crippen molar-refractivity contribution in [1.29, 1.82) is 0 Å². The topological polar surface area (TPSA) is 20.3 Å². The average molecular weight is 333 g/mol. The minimum atomic E-state index is -0.0400. The second-order valence-corrected chi connectivity index (χ2v) is 5.38. The zero-order chi connectivity index (χ0) is 10.7. The first-order valence-corrected chi connectivity index (χ1v) is 8.27. The van der Waals surface area contributed by atoms with Crippen LogP contribution >= 0.6 is 30.3 Å². The van der Waals surface area contributed by atoms with E-state index in [0.717, 1.165) is 18.5 Å². The van der Waals surface area contributed by atoms with Crippen molar-refractivity contribution in [3.8, 4) is 0 Å². The molecule has 0 unspecified atom stereocenters. The molecule has 0 spiro atoms. The van der Waals surface area contributed by atoms with Crippen molar-refractivity contribution in [3.05, 3.63) is 35.9 Å². The summed E-state index contributed by atoms with van der Waals surface area (Å²) in [6.45, 7) is 0.999. The van der Waals surface area contributed by atoms with E-state index in [4.69, 9.17) is 0 Å². The molecule has 0 aromatic heterocycles. The van der Waals surface area contributed by atoms with Crippen LogP contribution in [0.5, 0.6) is 0 Å². The van der Waals surface area contributed by atoms with Crippen LogP contribution in [0, 0.1) is 0 Å². The van der Waals surface area contributed by atoms with Crippen LogP contribution < -0.4 is 0 Å². The Kier molecular flexibility index (Phi) is 4.05.